The van der Waals surface area contributed by atoms with Gasteiger partial charge < -0.3 is 15.2 Å². The maximum Gasteiger partial charge on any atom is 0.254 e. The van der Waals surface area contributed by atoms with Crippen molar-refractivity contribution in [1.82, 2.24) is 39.7 Å². The van der Waals surface area contributed by atoms with Crippen LogP contribution in [-0.2, 0) is 6.42 Å². The number of rotatable bonds is 4. The molecular formula is C25H16Cl2FN9O2. The van der Waals surface area contributed by atoms with E-state index in [4.69, 9.17) is 38.4 Å². The normalized spacial score (nSPS) is 14.8. The van der Waals surface area contributed by atoms with Crippen LogP contribution in [0.5, 0.6) is 0 Å². The fourth-order valence-electron chi connectivity index (χ4n) is 4.95. The Hall–Kier alpha value is -4.55. The van der Waals surface area contributed by atoms with Crippen molar-refractivity contribution < 1.29 is 8.91 Å². The summed E-state index contributed by atoms with van der Waals surface area (Å²) in [6, 6.07) is 11.1. The van der Waals surface area contributed by atoms with Crippen molar-refractivity contribution in [1.29, 1.82) is 0 Å². The van der Waals surface area contributed by atoms with Gasteiger partial charge in [-0.1, -0.05) is 39.6 Å². The van der Waals surface area contributed by atoms with Crippen LogP contribution in [-0.4, -0.2) is 39.7 Å². The first-order chi connectivity index (χ1) is 18.9. The first-order valence-electron chi connectivity index (χ1n) is 11.8. The quantitative estimate of drug-likeness (QED) is 0.316. The third-order valence-corrected chi connectivity index (χ3v) is 7.12. The summed E-state index contributed by atoms with van der Waals surface area (Å²) in [5, 5.41) is 12.9. The molecule has 0 saturated carbocycles. The van der Waals surface area contributed by atoms with Crippen LogP contribution in [0, 0.1) is 5.95 Å². The van der Waals surface area contributed by atoms with Crippen LogP contribution in [0.25, 0.3) is 39.2 Å². The Kier molecular flexibility index (Phi) is 5.28. The summed E-state index contributed by atoms with van der Waals surface area (Å²) in [6.45, 7) is 0. The van der Waals surface area contributed by atoms with Crippen molar-refractivity contribution in [3.63, 3.8) is 0 Å². The summed E-state index contributed by atoms with van der Waals surface area (Å²) in [6.07, 6.45) is 2.54. The van der Waals surface area contributed by atoms with E-state index in [1.165, 1.54) is 15.3 Å². The van der Waals surface area contributed by atoms with Gasteiger partial charge >= 0.3 is 0 Å². The van der Waals surface area contributed by atoms with Gasteiger partial charge in [0, 0.05) is 28.6 Å². The number of imidazole rings is 1. The second-order valence-electron chi connectivity index (χ2n) is 9.03. The molecule has 1 atom stereocenters. The number of nitrogens with two attached hydrogens (primary N) is 1. The van der Waals surface area contributed by atoms with E-state index in [1.54, 1.807) is 42.6 Å². The average Bonchev–Trinajstić information content (AvgIpc) is 3.70. The lowest BCUT2D eigenvalue weighted by Gasteiger charge is -2.14. The maximum atomic E-state index is 15.0. The zero-order valence-electron chi connectivity index (χ0n) is 19.8. The van der Waals surface area contributed by atoms with Gasteiger partial charge in [0.2, 0.25) is 5.95 Å². The number of aromatic nitrogens is 8. The van der Waals surface area contributed by atoms with Gasteiger partial charge in [-0.25, -0.2) is 14.6 Å². The van der Waals surface area contributed by atoms with E-state index in [2.05, 4.69) is 25.4 Å². The Morgan fingerprint density at radius 3 is 2.82 bits per heavy atom. The summed E-state index contributed by atoms with van der Waals surface area (Å²) >= 11 is 12.2. The minimum absolute atomic E-state index is 0.169. The van der Waals surface area contributed by atoms with Crippen molar-refractivity contribution in [2.24, 2.45) is 0 Å². The lowest BCUT2D eigenvalue weighted by Crippen LogP contribution is -2.25. The Morgan fingerprint density at radius 1 is 1.13 bits per heavy atom. The number of halogens is 3. The zero-order chi connectivity index (χ0) is 26.8. The van der Waals surface area contributed by atoms with E-state index < -0.39 is 12.0 Å². The molecule has 11 nitrogen and oxygen atoms in total. The molecule has 0 aliphatic carbocycles. The number of aromatic amines is 1. The fraction of sp³-hybridized carbons (Fsp3) is 0.120. The smallest absolute Gasteiger partial charge is 0.254 e. The number of nitrogen functional groups attached to an aromatic ring is 1. The number of H-pyrrole nitrogens is 1. The predicted octanol–water partition coefficient (Wildman–Crippen LogP) is 4.59. The number of hydrogen-bond donors (Lipinski definition) is 2. The molecule has 7 rings (SSSR count). The third-order valence-electron chi connectivity index (χ3n) is 6.71. The Bertz CT molecular complexity index is 1980. The molecule has 0 fully saturated rings. The van der Waals surface area contributed by atoms with E-state index in [9.17, 15) is 4.79 Å². The number of nitrogens with one attached hydrogen (secondary N) is 1. The van der Waals surface area contributed by atoms with E-state index in [0.717, 1.165) is 0 Å². The molecule has 39 heavy (non-hydrogen) atoms. The van der Waals surface area contributed by atoms with Gasteiger partial charge in [0.05, 0.1) is 29.0 Å². The molecule has 14 heteroatoms. The lowest BCUT2D eigenvalue weighted by molar-refractivity contribution is 0.460. The SMILES string of the molecule is Nc1noc2cc(-c3[nH]c([C@@H]4CCc5nc(-c6cc(Cl)ccc6-n6cc(Cl)nn6)cc(=O)n54)nc3F)ccc12. The zero-order valence-corrected chi connectivity index (χ0v) is 21.3. The molecule has 1 aliphatic rings. The monoisotopic (exact) mass is 563 g/mol. The Morgan fingerprint density at radius 2 is 2.00 bits per heavy atom. The molecule has 1 aliphatic heterocycles. The molecular weight excluding hydrogens is 548 g/mol. The number of nitrogens with zero attached hydrogens (tertiary/aromatic N) is 7. The summed E-state index contributed by atoms with van der Waals surface area (Å²) in [7, 11) is 0. The first-order valence-corrected chi connectivity index (χ1v) is 12.5. The van der Waals surface area contributed by atoms with Crippen molar-refractivity contribution >= 4 is 40.0 Å². The molecule has 0 unspecified atom stereocenters. The fourth-order valence-corrected chi connectivity index (χ4v) is 5.24. The van der Waals surface area contributed by atoms with E-state index in [0.29, 0.717) is 63.0 Å². The number of anilines is 1. The summed E-state index contributed by atoms with van der Waals surface area (Å²) in [5.41, 5.74) is 8.18. The summed E-state index contributed by atoms with van der Waals surface area (Å²) in [4.78, 5) is 25.3. The molecule has 3 N–H and O–H groups in total. The van der Waals surface area contributed by atoms with Gasteiger partial charge in [-0.3, -0.25) is 9.36 Å². The molecule has 0 spiro atoms. The third kappa shape index (κ3) is 3.87. The van der Waals surface area contributed by atoms with Gasteiger partial charge in [0.25, 0.3) is 5.56 Å². The van der Waals surface area contributed by atoms with Gasteiger partial charge in [0.15, 0.2) is 16.6 Å². The number of fused-ring (bicyclic) bond motifs is 2. The highest BCUT2D eigenvalue weighted by molar-refractivity contribution is 6.31. The molecule has 4 aromatic heterocycles. The molecule has 6 aromatic rings. The Balaban J connectivity index is 1.27. The molecule has 5 heterocycles. The van der Waals surface area contributed by atoms with Gasteiger partial charge in [-0.2, -0.15) is 4.39 Å². The van der Waals surface area contributed by atoms with Crippen LogP contribution >= 0.6 is 23.2 Å². The number of benzene rings is 2. The second-order valence-corrected chi connectivity index (χ2v) is 9.86. The van der Waals surface area contributed by atoms with Gasteiger partial charge in [0.1, 0.15) is 17.3 Å². The first kappa shape index (κ1) is 23.6. The van der Waals surface area contributed by atoms with Crippen LogP contribution in [0.4, 0.5) is 10.2 Å². The van der Waals surface area contributed by atoms with Crippen molar-refractivity contribution in [2.75, 3.05) is 5.73 Å². The highest BCUT2D eigenvalue weighted by atomic mass is 35.5. The standard InChI is InChI=1S/C25H16Cl2FN9O2/c26-12-2-4-16(36-10-19(27)33-35-36)14(8-12)15-9-21(38)37-17(5-6-20(37)30-15)25-31-22(23(28)32-25)11-1-3-13-18(7-11)39-34-24(13)29/h1-4,7-10,17H,5-6H2,(H2,29,34)(H,31,32)/t17-/m0/s1. The maximum absolute atomic E-state index is 15.0. The van der Waals surface area contributed by atoms with Crippen molar-refractivity contribution in [3.05, 3.63) is 86.8 Å². The predicted molar refractivity (Wildman–Crippen MR) is 141 cm³/mol. The number of hydrogen-bond acceptors (Lipinski definition) is 8. The average molecular weight is 564 g/mol. The molecule has 0 radical (unpaired) electrons. The van der Waals surface area contributed by atoms with Crippen molar-refractivity contribution in [3.8, 4) is 28.2 Å². The topological polar surface area (TPSA) is 146 Å². The number of aryl methyl sites for hydroxylation is 1. The molecule has 0 bridgehead atoms. The van der Waals surface area contributed by atoms with Crippen LogP contribution in [0.3, 0.4) is 0 Å². The molecule has 2 aromatic carbocycles. The largest absolute Gasteiger partial charge is 0.380 e. The molecule has 0 amide bonds. The Labute approximate surface area is 228 Å². The second kappa shape index (κ2) is 8.75. The van der Waals surface area contributed by atoms with E-state index >= 15 is 4.39 Å². The molecule has 0 saturated heterocycles. The van der Waals surface area contributed by atoms with Crippen LogP contribution in [0.2, 0.25) is 10.2 Å². The summed E-state index contributed by atoms with van der Waals surface area (Å²) in [5.74, 6) is 0.418. The van der Waals surface area contributed by atoms with Crippen LogP contribution in [0.1, 0.15) is 24.1 Å². The summed E-state index contributed by atoms with van der Waals surface area (Å²) < 4.78 is 23.2. The minimum atomic E-state index is -0.696. The van der Waals surface area contributed by atoms with E-state index in [1.807, 2.05) is 0 Å². The van der Waals surface area contributed by atoms with Crippen LogP contribution in [0.15, 0.2) is 58.0 Å². The van der Waals surface area contributed by atoms with Gasteiger partial charge in [-0.15, -0.1) is 5.10 Å². The van der Waals surface area contributed by atoms with E-state index in [-0.39, 0.29) is 22.2 Å². The highest BCUT2D eigenvalue weighted by Gasteiger charge is 2.30. The molecule has 194 valence electrons. The highest BCUT2D eigenvalue weighted by Crippen LogP contribution is 2.34. The minimum Gasteiger partial charge on any atom is -0.380 e. The van der Waals surface area contributed by atoms with Crippen LogP contribution < -0.4 is 11.3 Å². The lowest BCUT2D eigenvalue weighted by atomic mass is 10.1. The van der Waals surface area contributed by atoms with Gasteiger partial charge in [-0.05, 0) is 36.8 Å². The van der Waals surface area contributed by atoms with Crippen molar-refractivity contribution in [2.45, 2.75) is 18.9 Å².